The van der Waals surface area contributed by atoms with Crippen molar-refractivity contribution in [2.45, 2.75) is 24.5 Å². The number of thiazole rings is 1. The molecule has 12 heteroatoms. The summed E-state index contributed by atoms with van der Waals surface area (Å²) < 4.78 is 1.59. The van der Waals surface area contributed by atoms with Crippen molar-refractivity contribution in [3.8, 4) is 11.3 Å². The molecule has 0 saturated heterocycles. The number of carbonyl (C=O) groups excluding carboxylic acids is 1. The zero-order valence-corrected chi connectivity index (χ0v) is 16.7. The van der Waals surface area contributed by atoms with Gasteiger partial charge in [-0.1, -0.05) is 30.8 Å². The van der Waals surface area contributed by atoms with Gasteiger partial charge < -0.3 is 11.1 Å². The number of nitro groups is 1. The van der Waals surface area contributed by atoms with Gasteiger partial charge in [0.2, 0.25) is 11.9 Å². The second kappa shape index (κ2) is 8.35. The highest BCUT2D eigenvalue weighted by Gasteiger charge is 2.25. The highest BCUT2D eigenvalue weighted by molar-refractivity contribution is 7.98. The van der Waals surface area contributed by atoms with Crippen molar-refractivity contribution >= 4 is 45.8 Å². The molecule has 0 aliphatic rings. The first-order chi connectivity index (χ1) is 13.4. The number of hydrogen-bond acceptors (Lipinski definition) is 9. The molecule has 28 heavy (non-hydrogen) atoms. The molecule has 3 N–H and O–H groups in total. The SMILES string of the molecule is CCC(C(=O)Nc1nc(-c2cccc([N+](=O)[O-])c2)cs1)n1c(N)nnc1SC. The first-order valence-electron chi connectivity index (χ1n) is 8.20. The fourth-order valence-corrected chi connectivity index (χ4v) is 3.90. The summed E-state index contributed by atoms with van der Waals surface area (Å²) >= 11 is 2.59. The number of non-ortho nitro benzene ring substituents is 1. The van der Waals surface area contributed by atoms with Crippen LogP contribution >= 0.6 is 23.1 Å². The third-order valence-electron chi connectivity index (χ3n) is 3.96. The molecule has 10 nitrogen and oxygen atoms in total. The van der Waals surface area contributed by atoms with Crippen LogP contribution in [0.4, 0.5) is 16.8 Å². The molecule has 3 aromatic rings. The van der Waals surface area contributed by atoms with Crippen LogP contribution in [0.3, 0.4) is 0 Å². The maximum Gasteiger partial charge on any atom is 0.270 e. The second-order valence-electron chi connectivity index (χ2n) is 5.67. The highest BCUT2D eigenvalue weighted by Crippen LogP contribution is 2.29. The lowest BCUT2D eigenvalue weighted by Gasteiger charge is -2.17. The van der Waals surface area contributed by atoms with Gasteiger partial charge in [-0.25, -0.2) is 4.98 Å². The van der Waals surface area contributed by atoms with Crippen LogP contribution in [0.1, 0.15) is 19.4 Å². The molecule has 0 spiro atoms. The Labute approximate surface area is 168 Å². The number of amides is 1. The van der Waals surface area contributed by atoms with E-state index in [4.69, 9.17) is 5.73 Å². The predicted octanol–water partition coefficient (Wildman–Crippen LogP) is 3.20. The van der Waals surface area contributed by atoms with Crippen LogP contribution in [0.15, 0.2) is 34.8 Å². The monoisotopic (exact) mass is 419 g/mol. The summed E-state index contributed by atoms with van der Waals surface area (Å²) in [6.45, 7) is 1.87. The molecule has 1 atom stereocenters. The lowest BCUT2D eigenvalue weighted by atomic mass is 10.1. The van der Waals surface area contributed by atoms with Crippen LogP contribution in [0.2, 0.25) is 0 Å². The van der Waals surface area contributed by atoms with Crippen LogP contribution in [0.5, 0.6) is 0 Å². The molecule has 0 aliphatic heterocycles. The van der Waals surface area contributed by atoms with Crippen molar-refractivity contribution in [2.75, 3.05) is 17.3 Å². The van der Waals surface area contributed by atoms with Crippen molar-refractivity contribution in [3.05, 3.63) is 39.8 Å². The molecule has 1 amide bonds. The summed E-state index contributed by atoms with van der Waals surface area (Å²) in [5, 5.41) is 24.2. The molecule has 2 aromatic heterocycles. The van der Waals surface area contributed by atoms with Gasteiger partial charge in [-0.05, 0) is 12.7 Å². The van der Waals surface area contributed by atoms with Crippen molar-refractivity contribution in [1.29, 1.82) is 0 Å². The maximum atomic E-state index is 12.8. The first-order valence-corrected chi connectivity index (χ1v) is 10.3. The van der Waals surface area contributed by atoms with E-state index < -0.39 is 11.0 Å². The van der Waals surface area contributed by atoms with Crippen LogP contribution in [-0.4, -0.2) is 36.8 Å². The van der Waals surface area contributed by atoms with E-state index in [0.29, 0.717) is 28.0 Å². The fourth-order valence-electron chi connectivity index (χ4n) is 2.64. The van der Waals surface area contributed by atoms with Crippen LogP contribution < -0.4 is 11.1 Å². The molecule has 0 bridgehead atoms. The van der Waals surface area contributed by atoms with E-state index in [-0.39, 0.29) is 17.5 Å². The lowest BCUT2D eigenvalue weighted by molar-refractivity contribution is -0.384. The molecule has 0 fully saturated rings. The van der Waals surface area contributed by atoms with Crippen LogP contribution in [0.25, 0.3) is 11.3 Å². The van der Waals surface area contributed by atoms with E-state index in [1.54, 1.807) is 22.1 Å². The van der Waals surface area contributed by atoms with Crippen molar-refractivity contribution < 1.29 is 9.72 Å². The molecule has 0 aliphatic carbocycles. The third kappa shape index (κ3) is 3.97. The van der Waals surface area contributed by atoms with E-state index in [2.05, 4.69) is 20.5 Å². The zero-order valence-electron chi connectivity index (χ0n) is 15.0. The Hall–Kier alpha value is -2.99. The number of benzene rings is 1. The van der Waals surface area contributed by atoms with Gasteiger partial charge in [0.15, 0.2) is 10.3 Å². The number of rotatable bonds is 7. The van der Waals surface area contributed by atoms with E-state index in [0.717, 1.165) is 0 Å². The van der Waals surface area contributed by atoms with Gasteiger partial charge in [-0.15, -0.1) is 21.5 Å². The van der Waals surface area contributed by atoms with Gasteiger partial charge in [0.05, 0.1) is 10.6 Å². The van der Waals surface area contributed by atoms with E-state index in [1.807, 2.05) is 13.2 Å². The minimum absolute atomic E-state index is 0.0187. The van der Waals surface area contributed by atoms with Gasteiger partial charge in [0, 0.05) is 23.1 Å². The average molecular weight is 419 g/mol. The molecule has 0 saturated carbocycles. The van der Waals surface area contributed by atoms with Gasteiger partial charge in [0.1, 0.15) is 6.04 Å². The third-order valence-corrected chi connectivity index (χ3v) is 5.36. The summed E-state index contributed by atoms with van der Waals surface area (Å²) in [5.74, 6) is -0.119. The number of nitrogens with zero attached hydrogens (tertiary/aromatic N) is 5. The molecule has 146 valence electrons. The minimum Gasteiger partial charge on any atom is -0.368 e. The Morgan fingerprint density at radius 2 is 2.25 bits per heavy atom. The summed E-state index contributed by atoms with van der Waals surface area (Å²) in [6.07, 6.45) is 2.32. The normalized spacial score (nSPS) is 11.9. The highest BCUT2D eigenvalue weighted by atomic mass is 32.2. The molecule has 1 unspecified atom stereocenters. The number of thioether (sulfide) groups is 1. The number of hydrogen-bond donors (Lipinski definition) is 2. The number of carbonyl (C=O) groups is 1. The maximum absolute atomic E-state index is 12.8. The number of nitro benzene ring substituents is 1. The van der Waals surface area contributed by atoms with Crippen molar-refractivity contribution in [1.82, 2.24) is 19.7 Å². The van der Waals surface area contributed by atoms with Crippen molar-refractivity contribution in [2.24, 2.45) is 0 Å². The molecular formula is C16H17N7O3S2. The smallest absolute Gasteiger partial charge is 0.270 e. The zero-order chi connectivity index (χ0) is 20.3. The molecular weight excluding hydrogens is 402 g/mol. The van der Waals surface area contributed by atoms with Gasteiger partial charge in [-0.2, -0.15) is 0 Å². The lowest BCUT2D eigenvalue weighted by Crippen LogP contribution is -2.27. The Bertz CT molecular complexity index is 1020. The Morgan fingerprint density at radius 3 is 2.93 bits per heavy atom. The van der Waals surface area contributed by atoms with Gasteiger partial charge in [-0.3, -0.25) is 19.5 Å². The molecule has 2 heterocycles. The quantitative estimate of drug-likeness (QED) is 0.338. The summed E-state index contributed by atoms with van der Waals surface area (Å²) in [4.78, 5) is 27.6. The van der Waals surface area contributed by atoms with Crippen molar-refractivity contribution in [3.63, 3.8) is 0 Å². The number of anilines is 2. The summed E-state index contributed by atoms with van der Waals surface area (Å²) in [5.41, 5.74) is 7.00. The fraction of sp³-hybridized carbons (Fsp3) is 0.250. The molecule has 3 rings (SSSR count). The second-order valence-corrected chi connectivity index (χ2v) is 7.31. The minimum atomic E-state index is -0.581. The Kier molecular flexibility index (Phi) is 5.90. The Morgan fingerprint density at radius 1 is 1.46 bits per heavy atom. The topological polar surface area (TPSA) is 142 Å². The van der Waals surface area contributed by atoms with Gasteiger partial charge >= 0.3 is 0 Å². The number of nitrogens with one attached hydrogen (secondary N) is 1. The number of nitrogen functional groups attached to an aromatic ring is 1. The summed E-state index contributed by atoms with van der Waals surface area (Å²) in [7, 11) is 0. The van der Waals surface area contributed by atoms with Gasteiger partial charge in [0.25, 0.3) is 5.69 Å². The number of aromatic nitrogens is 4. The standard InChI is InChI=1S/C16H17N7O3S2/c1-3-12(22-14(17)20-21-16(22)27-2)13(24)19-15-18-11(8-28-15)9-5-4-6-10(7-9)23(25)26/h4-8,12H,3H2,1-2H3,(H2,17,20)(H,18,19,24). The predicted molar refractivity (Wildman–Crippen MR) is 108 cm³/mol. The first kappa shape index (κ1) is 19.8. The number of nitrogens with two attached hydrogens (primary N) is 1. The largest absolute Gasteiger partial charge is 0.368 e. The molecule has 0 radical (unpaired) electrons. The average Bonchev–Trinajstić information content (AvgIpc) is 3.30. The van der Waals surface area contributed by atoms with E-state index in [1.165, 1.54) is 35.2 Å². The molecule has 1 aromatic carbocycles. The van der Waals surface area contributed by atoms with E-state index >= 15 is 0 Å². The van der Waals surface area contributed by atoms with Crippen LogP contribution in [0, 0.1) is 10.1 Å². The summed E-state index contributed by atoms with van der Waals surface area (Å²) in [6, 6.07) is 5.60. The van der Waals surface area contributed by atoms with Crippen LogP contribution in [-0.2, 0) is 4.79 Å². The van der Waals surface area contributed by atoms with E-state index in [9.17, 15) is 14.9 Å². The Balaban J connectivity index is 1.80.